The fraction of sp³-hybridized carbons (Fsp3) is 0.292. The third-order valence-electron chi connectivity index (χ3n) is 5.93. The molecule has 1 saturated heterocycles. The Labute approximate surface area is 210 Å². The second-order valence-electron chi connectivity index (χ2n) is 8.02. The zero-order valence-electron chi connectivity index (χ0n) is 18.7. The molecule has 0 radical (unpaired) electrons. The lowest BCUT2D eigenvalue weighted by atomic mass is 9.97. The van der Waals surface area contributed by atoms with Crippen molar-refractivity contribution < 1.29 is 9.32 Å². The Hall–Kier alpha value is -2.75. The number of thiazole rings is 1. The van der Waals surface area contributed by atoms with Gasteiger partial charge in [0.05, 0.1) is 27.5 Å². The summed E-state index contributed by atoms with van der Waals surface area (Å²) in [6, 6.07) is 10.00. The first kappa shape index (κ1) is 23.0. The maximum atomic E-state index is 13.0. The van der Waals surface area contributed by atoms with E-state index in [0.29, 0.717) is 24.2 Å². The Balaban J connectivity index is 1.31. The fourth-order valence-corrected chi connectivity index (χ4v) is 5.63. The Kier molecular flexibility index (Phi) is 6.67. The van der Waals surface area contributed by atoms with E-state index in [1.54, 1.807) is 11.3 Å². The number of carbonyl (C=O) groups excluding carboxylic acids is 1. The van der Waals surface area contributed by atoms with E-state index >= 15 is 0 Å². The highest BCUT2D eigenvalue weighted by molar-refractivity contribution is 7.98. The van der Waals surface area contributed by atoms with Crippen LogP contribution in [0.25, 0.3) is 22.5 Å². The second kappa shape index (κ2) is 9.85. The number of thioether (sulfide) groups is 1. The van der Waals surface area contributed by atoms with Gasteiger partial charge in [-0.25, -0.2) is 15.0 Å². The second-order valence-corrected chi connectivity index (χ2v) is 10.1. The standard InChI is InChI=1S/C24H22ClN5O2S2/c1-14-19(20(29-32-14)15-6-4-3-5-7-15)18-13-34-22(27-18)16-8-10-30(11-9-16)23(31)21-17(25)12-26-24(28-21)33-2/h3-7,12-13,16H,8-11H2,1-2H3. The molecular formula is C24H22ClN5O2S2. The smallest absolute Gasteiger partial charge is 0.274 e. The maximum absolute atomic E-state index is 13.0. The molecule has 4 heterocycles. The van der Waals surface area contributed by atoms with E-state index in [1.807, 2.05) is 48.4 Å². The summed E-state index contributed by atoms with van der Waals surface area (Å²) in [5.41, 5.74) is 3.90. The number of amides is 1. The van der Waals surface area contributed by atoms with Crippen molar-refractivity contribution in [1.29, 1.82) is 0 Å². The molecule has 10 heteroatoms. The first-order valence-electron chi connectivity index (χ1n) is 10.9. The van der Waals surface area contributed by atoms with E-state index in [4.69, 9.17) is 21.1 Å². The monoisotopic (exact) mass is 511 g/mol. The van der Waals surface area contributed by atoms with E-state index in [-0.39, 0.29) is 16.6 Å². The number of piperidine rings is 1. The van der Waals surface area contributed by atoms with Crippen molar-refractivity contribution in [2.24, 2.45) is 0 Å². The van der Waals surface area contributed by atoms with E-state index in [1.165, 1.54) is 18.0 Å². The van der Waals surface area contributed by atoms with Crippen molar-refractivity contribution in [3.8, 4) is 22.5 Å². The van der Waals surface area contributed by atoms with Crippen LogP contribution in [0.3, 0.4) is 0 Å². The molecule has 0 aliphatic carbocycles. The predicted molar refractivity (Wildman–Crippen MR) is 134 cm³/mol. The van der Waals surface area contributed by atoms with Crippen LogP contribution in [0, 0.1) is 6.92 Å². The number of hydrogen-bond donors (Lipinski definition) is 0. The number of aryl methyl sites for hydroxylation is 1. The summed E-state index contributed by atoms with van der Waals surface area (Å²) in [4.78, 5) is 28.2. The molecule has 0 N–H and O–H groups in total. The first-order valence-corrected chi connectivity index (χ1v) is 13.4. The van der Waals surface area contributed by atoms with Crippen molar-refractivity contribution in [1.82, 2.24) is 25.0 Å². The molecule has 0 atom stereocenters. The van der Waals surface area contributed by atoms with Gasteiger partial charge in [-0.05, 0) is 26.0 Å². The minimum absolute atomic E-state index is 0.145. The molecule has 1 aromatic carbocycles. The zero-order chi connectivity index (χ0) is 23.7. The average molecular weight is 512 g/mol. The van der Waals surface area contributed by atoms with Gasteiger partial charge >= 0.3 is 0 Å². The first-order chi connectivity index (χ1) is 16.5. The molecule has 0 unspecified atom stereocenters. The molecule has 34 heavy (non-hydrogen) atoms. The third-order valence-corrected chi connectivity index (χ3v) is 7.77. The lowest BCUT2D eigenvalue weighted by Gasteiger charge is -2.31. The summed E-state index contributed by atoms with van der Waals surface area (Å²) < 4.78 is 5.52. The lowest BCUT2D eigenvalue weighted by Crippen LogP contribution is -2.38. The number of likely N-dealkylation sites (tertiary alicyclic amines) is 1. The number of carbonyl (C=O) groups is 1. The summed E-state index contributed by atoms with van der Waals surface area (Å²) in [6.45, 7) is 3.18. The van der Waals surface area contributed by atoms with Crippen LogP contribution in [0.4, 0.5) is 0 Å². The molecule has 0 bridgehead atoms. The molecular weight excluding hydrogens is 490 g/mol. The number of rotatable bonds is 5. The van der Waals surface area contributed by atoms with Gasteiger partial charge in [-0.15, -0.1) is 11.3 Å². The van der Waals surface area contributed by atoms with E-state index < -0.39 is 0 Å². The Bertz CT molecular complexity index is 1320. The maximum Gasteiger partial charge on any atom is 0.274 e. The molecule has 1 aliphatic heterocycles. The summed E-state index contributed by atoms with van der Waals surface area (Å²) in [7, 11) is 0. The largest absolute Gasteiger partial charge is 0.360 e. The van der Waals surface area contributed by atoms with E-state index in [9.17, 15) is 4.79 Å². The normalized spacial score (nSPS) is 14.5. The van der Waals surface area contributed by atoms with Gasteiger partial charge in [-0.3, -0.25) is 4.79 Å². The van der Waals surface area contributed by atoms with Crippen LogP contribution >= 0.6 is 34.7 Å². The van der Waals surface area contributed by atoms with Crippen LogP contribution in [0.2, 0.25) is 5.02 Å². The summed E-state index contributed by atoms with van der Waals surface area (Å²) in [6.07, 6.45) is 5.04. The minimum atomic E-state index is -0.145. The average Bonchev–Trinajstić information content (AvgIpc) is 3.51. The van der Waals surface area contributed by atoms with Gasteiger partial charge in [0.2, 0.25) is 0 Å². The molecule has 4 aromatic rings. The Morgan fingerprint density at radius 3 is 2.71 bits per heavy atom. The van der Waals surface area contributed by atoms with Crippen LogP contribution in [0.15, 0.2) is 51.6 Å². The van der Waals surface area contributed by atoms with Gasteiger partial charge in [-0.1, -0.05) is 58.9 Å². The predicted octanol–water partition coefficient (Wildman–Crippen LogP) is 5.96. The topological polar surface area (TPSA) is 85.0 Å². The van der Waals surface area contributed by atoms with Crippen molar-refractivity contribution in [2.45, 2.75) is 30.8 Å². The van der Waals surface area contributed by atoms with Gasteiger partial charge in [0, 0.05) is 30.0 Å². The van der Waals surface area contributed by atoms with Gasteiger partial charge in [0.1, 0.15) is 11.5 Å². The van der Waals surface area contributed by atoms with Gasteiger partial charge in [-0.2, -0.15) is 0 Å². The zero-order valence-corrected chi connectivity index (χ0v) is 21.1. The highest BCUT2D eigenvalue weighted by Gasteiger charge is 2.29. The summed E-state index contributed by atoms with van der Waals surface area (Å²) in [5.74, 6) is 0.904. The van der Waals surface area contributed by atoms with E-state index in [2.05, 4.69) is 20.5 Å². The molecule has 5 rings (SSSR count). The Morgan fingerprint density at radius 2 is 1.97 bits per heavy atom. The highest BCUT2D eigenvalue weighted by Crippen LogP contribution is 2.38. The molecule has 3 aromatic heterocycles. The highest BCUT2D eigenvalue weighted by atomic mass is 35.5. The molecule has 1 fully saturated rings. The minimum Gasteiger partial charge on any atom is -0.360 e. The Morgan fingerprint density at radius 1 is 1.21 bits per heavy atom. The molecule has 1 aliphatic rings. The van der Waals surface area contributed by atoms with Crippen molar-refractivity contribution in [3.05, 3.63) is 63.4 Å². The fourth-order valence-electron chi connectivity index (χ4n) is 4.14. The van der Waals surface area contributed by atoms with Crippen molar-refractivity contribution >= 4 is 40.6 Å². The SMILES string of the molecule is CSc1ncc(Cl)c(C(=O)N2CCC(c3nc(-c4c(-c5ccccc5)noc4C)cs3)CC2)n1. The number of benzene rings is 1. The molecule has 174 valence electrons. The van der Waals surface area contributed by atoms with Crippen LogP contribution in [0.5, 0.6) is 0 Å². The summed E-state index contributed by atoms with van der Waals surface area (Å²) >= 11 is 9.25. The van der Waals surface area contributed by atoms with Crippen molar-refractivity contribution in [3.63, 3.8) is 0 Å². The van der Waals surface area contributed by atoms with Gasteiger partial charge in [0.25, 0.3) is 5.91 Å². The molecule has 0 spiro atoms. The number of aromatic nitrogens is 4. The quantitative estimate of drug-likeness (QED) is 0.241. The number of nitrogens with zero attached hydrogens (tertiary/aromatic N) is 5. The molecule has 7 nitrogen and oxygen atoms in total. The number of halogens is 1. The van der Waals surface area contributed by atoms with Crippen LogP contribution in [0.1, 0.15) is 40.0 Å². The summed E-state index contributed by atoms with van der Waals surface area (Å²) in [5, 5.41) is 8.26. The molecule has 1 amide bonds. The van der Waals surface area contributed by atoms with Crippen LogP contribution in [-0.4, -0.2) is 50.3 Å². The molecule has 0 saturated carbocycles. The van der Waals surface area contributed by atoms with Gasteiger partial charge < -0.3 is 9.42 Å². The third kappa shape index (κ3) is 4.47. The van der Waals surface area contributed by atoms with Crippen LogP contribution in [-0.2, 0) is 0 Å². The van der Waals surface area contributed by atoms with Crippen LogP contribution < -0.4 is 0 Å². The van der Waals surface area contributed by atoms with E-state index in [0.717, 1.165) is 46.1 Å². The van der Waals surface area contributed by atoms with Gasteiger partial charge in [0.15, 0.2) is 10.9 Å². The van der Waals surface area contributed by atoms with Crippen molar-refractivity contribution in [2.75, 3.05) is 19.3 Å². The number of hydrogen-bond acceptors (Lipinski definition) is 8. The lowest BCUT2D eigenvalue weighted by molar-refractivity contribution is 0.0706.